The smallest absolute Gasteiger partial charge is 0.122 e. The van der Waals surface area contributed by atoms with E-state index in [9.17, 15) is 10.2 Å². The summed E-state index contributed by atoms with van der Waals surface area (Å²) in [5.41, 5.74) is 6.31. The van der Waals surface area contributed by atoms with Crippen molar-refractivity contribution in [2.24, 2.45) is 5.73 Å². The molecule has 15 heavy (non-hydrogen) atoms. The van der Waals surface area contributed by atoms with Gasteiger partial charge in [-0.05, 0) is 24.6 Å². The molecule has 1 heterocycles. The zero-order chi connectivity index (χ0) is 11.3. The summed E-state index contributed by atoms with van der Waals surface area (Å²) >= 11 is 0. The monoisotopic (exact) mass is 212 g/mol. The minimum Gasteiger partial charge on any atom is -0.392 e. The Morgan fingerprint density at radius 2 is 2.07 bits per heavy atom. The predicted octanol–water partition coefficient (Wildman–Crippen LogP) is -0.683. The van der Waals surface area contributed by atoms with Crippen LogP contribution in [0.1, 0.15) is 23.8 Å². The van der Waals surface area contributed by atoms with E-state index in [4.69, 9.17) is 10.8 Å². The summed E-state index contributed by atoms with van der Waals surface area (Å²) in [4.78, 5) is 3.94. The maximum Gasteiger partial charge on any atom is 0.122 e. The number of nitrogens with zero attached hydrogens (tertiary/aromatic N) is 1. The summed E-state index contributed by atoms with van der Waals surface area (Å²) in [6, 6.07) is 3.23. The van der Waals surface area contributed by atoms with Crippen LogP contribution in [0.4, 0.5) is 0 Å². The van der Waals surface area contributed by atoms with Crippen LogP contribution < -0.4 is 5.73 Å². The van der Waals surface area contributed by atoms with Crippen LogP contribution in [0, 0.1) is 0 Å². The van der Waals surface area contributed by atoms with E-state index in [1.807, 2.05) is 0 Å². The van der Waals surface area contributed by atoms with E-state index in [-0.39, 0.29) is 6.61 Å². The minimum atomic E-state index is -1.03. The Kier molecular flexibility index (Phi) is 4.64. The molecule has 0 amide bonds. The maximum atomic E-state index is 9.65. The van der Waals surface area contributed by atoms with Gasteiger partial charge in [0.05, 0.1) is 18.4 Å². The first-order valence-corrected chi connectivity index (χ1v) is 4.81. The molecule has 2 unspecified atom stereocenters. The number of nitrogens with two attached hydrogens (primary N) is 1. The van der Waals surface area contributed by atoms with E-state index in [1.54, 1.807) is 12.1 Å². The number of hydrogen-bond donors (Lipinski definition) is 4. The second-order valence-electron chi connectivity index (χ2n) is 3.34. The topological polar surface area (TPSA) is 99.6 Å². The molecule has 1 aromatic rings. The molecule has 0 bridgehead atoms. The standard InChI is InChI=1S/C10H16N2O3/c11-4-3-9(14)10(15)8-2-1-7(6-13)5-12-8/h1-2,5,9-10,13-15H,3-4,6,11H2. The van der Waals surface area contributed by atoms with Crippen molar-refractivity contribution < 1.29 is 15.3 Å². The zero-order valence-electron chi connectivity index (χ0n) is 8.37. The first kappa shape index (κ1) is 12.1. The predicted molar refractivity (Wildman–Crippen MR) is 54.8 cm³/mol. The molecule has 2 atom stereocenters. The van der Waals surface area contributed by atoms with Gasteiger partial charge in [-0.15, -0.1) is 0 Å². The van der Waals surface area contributed by atoms with Crippen molar-refractivity contribution in [3.8, 4) is 0 Å². The Bertz CT molecular complexity index is 289. The Morgan fingerprint density at radius 1 is 1.33 bits per heavy atom. The van der Waals surface area contributed by atoms with Crippen molar-refractivity contribution >= 4 is 0 Å². The normalized spacial score (nSPS) is 14.9. The van der Waals surface area contributed by atoms with E-state index in [2.05, 4.69) is 4.98 Å². The second-order valence-corrected chi connectivity index (χ2v) is 3.34. The molecule has 5 heteroatoms. The third-order valence-corrected chi connectivity index (χ3v) is 2.16. The number of hydrogen-bond acceptors (Lipinski definition) is 5. The number of rotatable bonds is 5. The van der Waals surface area contributed by atoms with Gasteiger partial charge in [0.1, 0.15) is 6.10 Å². The molecule has 0 aliphatic carbocycles. The van der Waals surface area contributed by atoms with Gasteiger partial charge in [-0.25, -0.2) is 0 Å². The quantitative estimate of drug-likeness (QED) is 0.518. The second kappa shape index (κ2) is 5.77. The molecular formula is C10H16N2O3. The van der Waals surface area contributed by atoms with Gasteiger partial charge in [0.2, 0.25) is 0 Å². The van der Waals surface area contributed by atoms with E-state index in [1.165, 1.54) is 6.20 Å². The number of aliphatic hydroxyl groups excluding tert-OH is 3. The highest BCUT2D eigenvalue weighted by Gasteiger charge is 2.18. The third kappa shape index (κ3) is 3.24. The van der Waals surface area contributed by atoms with Crippen molar-refractivity contribution in [3.05, 3.63) is 29.6 Å². The van der Waals surface area contributed by atoms with Crippen LogP contribution >= 0.6 is 0 Å². The first-order chi connectivity index (χ1) is 7.19. The van der Waals surface area contributed by atoms with Gasteiger partial charge in [-0.2, -0.15) is 0 Å². The summed E-state index contributed by atoms with van der Waals surface area (Å²) in [6.07, 6.45) is -0.137. The van der Waals surface area contributed by atoms with Crippen LogP contribution in [0.3, 0.4) is 0 Å². The molecular weight excluding hydrogens is 196 g/mol. The van der Waals surface area contributed by atoms with Crippen LogP contribution in [0.25, 0.3) is 0 Å². The summed E-state index contributed by atoms with van der Waals surface area (Å²) in [5, 5.41) is 27.9. The van der Waals surface area contributed by atoms with Crippen LogP contribution in [0.15, 0.2) is 18.3 Å². The van der Waals surface area contributed by atoms with Crippen molar-refractivity contribution in [2.45, 2.75) is 25.2 Å². The van der Waals surface area contributed by atoms with Crippen LogP contribution in [-0.4, -0.2) is 33.0 Å². The Morgan fingerprint density at radius 3 is 2.53 bits per heavy atom. The molecule has 0 aliphatic heterocycles. The summed E-state index contributed by atoms with van der Waals surface area (Å²) in [6.45, 7) is 0.224. The fourth-order valence-corrected chi connectivity index (χ4v) is 1.23. The van der Waals surface area contributed by atoms with Gasteiger partial charge in [0.25, 0.3) is 0 Å². The lowest BCUT2D eigenvalue weighted by molar-refractivity contribution is 0.0125. The average molecular weight is 212 g/mol. The maximum absolute atomic E-state index is 9.65. The zero-order valence-corrected chi connectivity index (χ0v) is 8.37. The number of pyridine rings is 1. The SMILES string of the molecule is NCCC(O)C(O)c1ccc(CO)cn1. The largest absolute Gasteiger partial charge is 0.392 e. The lowest BCUT2D eigenvalue weighted by Crippen LogP contribution is -2.22. The molecule has 5 nitrogen and oxygen atoms in total. The van der Waals surface area contributed by atoms with E-state index in [0.717, 1.165) is 0 Å². The van der Waals surface area contributed by atoms with Crippen molar-refractivity contribution in [3.63, 3.8) is 0 Å². The molecule has 1 aromatic heterocycles. The lowest BCUT2D eigenvalue weighted by Gasteiger charge is -2.16. The van der Waals surface area contributed by atoms with Crippen LogP contribution in [-0.2, 0) is 6.61 Å². The van der Waals surface area contributed by atoms with Gasteiger partial charge in [0.15, 0.2) is 0 Å². The van der Waals surface area contributed by atoms with E-state index in [0.29, 0.717) is 24.2 Å². The molecule has 0 radical (unpaired) electrons. The highest BCUT2D eigenvalue weighted by molar-refractivity contribution is 5.15. The Balaban J connectivity index is 2.69. The summed E-state index contributed by atoms with van der Waals surface area (Å²) in [7, 11) is 0. The Hall–Kier alpha value is -1.01. The van der Waals surface area contributed by atoms with Gasteiger partial charge in [-0.3, -0.25) is 4.98 Å². The molecule has 1 rings (SSSR count). The minimum absolute atomic E-state index is 0.0886. The number of aliphatic hydroxyl groups is 3. The summed E-state index contributed by atoms with van der Waals surface area (Å²) < 4.78 is 0. The van der Waals surface area contributed by atoms with Crippen molar-refractivity contribution in [2.75, 3.05) is 6.54 Å². The molecule has 5 N–H and O–H groups in total. The molecule has 84 valence electrons. The fraction of sp³-hybridized carbons (Fsp3) is 0.500. The average Bonchev–Trinajstić information content (AvgIpc) is 2.28. The Labute approximate surface area is 88.2 Å². The third-order valence-electron chi connectivity index (χ3n) is 2.16. The first-order valence-electron chi connectivity index (χ1n) is 4.81. The van der Waals surface area contributed by atoms with E-state index >= 15 is 0 Å². The van der Waals surface area contributed by atoms with Crippen molar-refractivity contribution in [1.82, 2.24) is 4.98 Å². The number of aromatic nitrogens is 1. The van der Waals surface area contributed by atoms with E-state index < -0.39 is 12.2 Å². The van der Waals surface area contributed by atoms with Gasteiger partial charge in [-0.1, -0.05) is 6.07 Å². The molecule has 0 aromatic carbocycles. The van der Waals surface area contributed by atoms with Gasteiger partial charge >= 0.3 is 0 Å². The molecule has 0 saturated carbocycles. The molecule has 0 fully saturated rings. The van der Waals surface area contributed by atoms with Gasteiger partial charge < -0.3 is 21.1 Å². The highest BCUT2D eigenvalue weighted by atomic mass is 16.3. The molecule has 0 saturated heterocycles. The van der Waals surface area contributed by atoms with Crippen LogP contribution in [0.5, 0.6) is 0 Å². The van der Waals surface area contributed by atoms with Gasteiger partial charge in [0, 0.05) is 6.20 Å². The van der Waals surface area contributed by atoms with Crippen LogP contribution in [0.2, 0.25) is 0 Å². The molecule has 0 aliphatic rings. The fourth-order valence-electron chi connectivity index (χ4n) is 1.23. The highest BCUT2D eigenvalue weighted by Crippen LogP contribution is 2.16. The lowest BCUT2D eigenvalue weighted by atomic mass is 10.1. The molecule has 0 spiro atoms. The van der Waals surface area contributed by atoms with Crippen molar-refractivity contribution in [1.29, 1.82) is 0 Å². The summed E-state index contributed by atoms with van der Waals surface area (Å²) in [5.74, 6) is 0.